The molecule has 2 N–H and O–H groups in total. The summed E-state index contributed by atoms with van der Waals surface area (Å²) in [5.41, 5.74) is -5.52. The van der Waals surface area contributed by atoms with E-state index >= 15 is 0 Å². The summed E-state index contributed by atoms with van der Waals surface area (Å²) in [6.07, 6.45) is -3.84. The predicted octanol–water partition coefficient (Wildman–Crippen LogP) is -0.910. The van der Waals surface area contributed by atoms with Gasteiger partial charge in [-0.05, 0) is 101 Å². The molecule has 0 saturated carbocycles. The quantitative estimate of drug-likeness (QED) is 0.0415. The highest BCUT2D eigenvalue weighted by molar-refractivity contribution is 14.1. The first kappa shape index (κ1) is 56.6. The monoisotopic (exact) mass is 1210 g/mol. The second-order valence-electron chi connectivity index (χ2n) is 15.5. The molecular weight excluding hydrogens is 1150 g/mol. The normalized spacial score (nSPS) is 11.9. The molecule has 380 valence electrons. The zero-order valence-corrected chi connectivity index (χ0v) is 42.5. The highest BCUT2D eigenvalue weighted by Crippen LogP contribution is 2.10. The molecule has 4 aromatic rings. The standard InChI is InChI=1S/C44H52I2N6O18/c1-28(54)26-68-35(56)13-17-49-41(62)48(42(63)50(43(49)64)18-14-36(57)69-27-29(2)70-38(59)25-31-6-10-33(46)11-7-31)16-12-34(55)66-22-19-51-39(60)47(15-3-21-53)40(61)52(44(51)65)20-23-67-37(58)24-30-4-8-32(45)9-5-30/h4-11,28-29,53-54H,3,12-27H2,1-2H3. The Hall–Kier alpha value is -6.01. The van der Waals surface area contributed by atoms with Crippen LogP contribution in [0.2, 0.25) is 0 Å². The van der Waals surface area contributed by atoms with Gasteiger partial charge in [-0.2, -0.15) is 0 Å². The number of carbonyl (C=O) groups is 5. The number of aromatic nitrogens is 6. The molecular formula is C44H52I2N6O18. The molecule has 4 rings (SSSR count). The zero-order chi connectivity index (χ0) is 51.5. The number of aliphatic hydroxyl groups excluding tert-OH is 2. The molecule has 0 aliphatic rings. The summed E-state index contributed by atoms with van der Waals surface area (Å²) in [4.78, 5) is 143. The van der Waals surface area contributed by atoms with E-state index < -0.39 is 148 Å². The number of nitrogens with zero attached hydrogens (tertiary/aromatic N) is 6. The molecule has 0 aliphatic heterocycles. The Bertz CT molecular complexity index is 2850. The van der Waals surface area contributed by atoms with E-state index in [2.05, 4.69) is 45.2 Å². The molecule has 2 aromatic heterocycles. The molecule has 26 heteroatoms. The van der Waals surface area contributed by atoms with E-state index in [0.29, 0.717) is 38.5 Å². The number of hydrogen-bond acceptors (Lipinski definition) is 18. The van der Waals surface area contributed by atoms with Crippen molar-refractivity contribution in [1.29, 1.82) is 0 Å². The van der Waals surface area contributed by atoms with Gasteiger partial charge in [-0.1, -0.05) is 24.3 Å². The zero-order valence-electron chi connectivity index (χ0n) is 38.2. The molecule has 2 atom stereocenters. The van der Waals surface area contributed by atoms with E-state index in [1.54, 1.807) is 36.4 Å². The molecule has 70 heavy (non-hydrogen) atoms. The Labute approximate surface area is 424 Å². The minimum atomic E-state index is -1.24. The highest BCUT2D eigenvalue weighted by atomic mass is 127. The number of ether oxygens (including phenoxy) is 5. The van der Waals surface area contributed by atoms with Gasteiger partial charge in [0.2, 0.25) is 0 Å². The third-order valence-electron chi connectivity index (χ3n) is 9.91. The summed E-state index contributed by atoms with van der Waals surface area (Å²) in [5, 5.41) is 18.8. The van der Waals surface area contributed by atoms with Crippen molar-refractivity contribution in [3.63, 3.8) is 0 Å². The van der Waals surface area contributed by atoms with Crippen LogP contribution in [0.5, 0.6) is 0 Å². The molecule has 0 saturated heterocycles. The van der Waals surface area contributed by atoms with Crippen LogP contribution in [0.3, 0.4) is 0 Å². The summed E-state index contributed by atoms with van der Waals surface area (Å²) in [6, 6.07) is 14.3. The van der Waals surface area contributed by atoms with Gasteiger partial charge >= 0.3 is 64.0 Å². The molecule has 0 spiro atoms. The van der Waals surface area contributed by atoms with Gasteiger partial charge in [0, 0.05) is 39.9 Å². The Morgan fingerprint density at radius 3 is 1.23 bits per heavy atom. The first-order valence-electron chi connectivity index (χ1n) is 21.8. The van der Waals surface area contributed by atoms with Crippen molar-refractivity contribution in [1.82, 2.24) is 27.4 Å². The van der Waals surface area contributed by atoms with Gasteiger partial charge in [0.1, 0.15) is 32.5 Å². The van der Waals surface area contributed by atoms with Gasteiger partial charge in [-0.15, -0.1) is 0 Å². The number of rotatable bonds is 27. The van der Waals surface area contributed by atoms with E-state index in [9.17, 15) is 63.0 Å². The molecule has 0 radical (unpaired) electrons. The number of hydrogen-bond donors (Lipinski definition) is 2. The van der Waals surface area contributed by atoms with E-state index in [4.69, 9.17) is 23.7 Å². The lowest BCUT2D eigenvalue weighted by Crippen LogP contribution is -2.55. The molecule has 2 heterocycles. The SMILES string of the molecule is CC(O)COC(=O)CCn1c(=O)n(CCC(=O)OCCn2c(=O)n(CCCO)c(=O)n(CCOC(=O)Cc3ccc(I)cc3)c2=O)c(=O)n(CCC(=O)OCC(C)OC(=O)Cc2ccc(I)cc2)c1=O. The summed E-state index contributed by atoms with van der Waals surface area (Å²) >= 11 is 4.24. The lowest BCUT2D eigenvalue weighted by Gasteiger charge is -2.15. The molecule has 0 aliphatic carbocycles. The average Bonchev–Trinajstić information content (AvgIpc) is 3.31. The summed E-state index contributed by atoms with van der Waals surface area (Å²) in [6.45, 7) is -2.58. The van der Waals surface area contributed by atoms with Crippen LogP contribution < -0.4 is 34.1 Å². The van der Waals surface area contributed by atoms with Gasteiger partial charge in [-0.3, -0.25) is 24.0 Å². The minimum Gasteiger partial charge on any atom is -0.464 e. The molecule has 2 aromatic carbocycles. The molecule has 0 amide bonds. The third-order valence-corrected chi connectivity index (χ3v) is 11.3. The van der Waals surface area contributed by atoms with Gasteiger partial charge in [-0.25, -0.2) is 56.2 Å². The first-order valence-corrected chi connectivity index (χ1v) is 23.9. The fraction of sp³-hybridized carbons (Fsp3) is 0.477. The van der Waals surface area contributed by atoms with Crippen molar-refractivity contribution in [2.45, 2.75) is 104 Å². The van der Waals surface area contributed by atoms with Crippen molar-refractivity contribution < 1.29 is 57.9 Å². The summed E-state index contributed by atoms with van der Waals surface area (Å²) < 4.78 is 31.3. The van der Waals surface area contributed by atoms with Crippen LogP contribution in [-0.4, -0.2) is 113 Å². The maximum atomic E-state index is 13.6. The Morgan fingerprint density at radius 1 is 0.486 bits per heavy atom. The predicted molar refractivity (Wildman–Crippen MR) is 261 cm³/mol. The number of carbonyl (C=O) groups excluding carboxylic acids is 5. The Kier molecular flexibility index (Phi) is 22.6. The molecule has 0 bridgehead atoms. The van der Waals surface area contributed by atoms with E-state index in [0.717, 1.165) is 7.14 Å². The van der Waals surface area contributed by atoms with Gasteiger partial charge in [0.25, 0.3) is 0 Å². The molecule has 24 nitrogen and oxygen atoms in total. The van der Waals surface area contributed by atoms with E-state index in [1.807, 2.05) is 12.1 Å². The molecule has 0 fully saturated rings. The maximum Gasteiger partial charge on any atom is 0.336 e. The van der Waals surface area contributed by atoms with Gasteiger partial charge in [0.15, 0.2) is 0 Å². The van der Waals surface area contributed by atoms with E-state index in [-0.39, 0.29) is 39.0 Å². The fourth-order valence-electron chi connectivity index (χ4n) is 6.38. The third kappa shape index (κ3) is 17.4. The van der Waals surface area contributed by atoms with Crippen molar-refractivity contribution in [2.24, 2.45) is 0 Å². The van der Waals surface area contributed by atoms with Crippen LogP contribution in [0.25, 0.3) is 0 Å². The van der Waals surface area contributed by atoms with Crippen LogP contribution >= 0.6 is 45.2 Å². The van der Waals surface area contributed by atoms with E-state index in [1.165, 1.54) is 13.8 Å². The largest absolute Gasteiger partial charge is 0.464 e. The number of esters is 5. The van der Waals surface area contributed by atoms with Gasteiger partial charge in [0.05, 0.1) is 51.3 Å². The Morgan fingerprint density at radius 2 is 0.829 bits per heavy atom. The lowest BCUT2D eigenvalue weighted by atomic mass is 10.1. The minimum absolute atomic E-state index is 0.0250. The van der Waals surface area contributed by atoms with Crippen LogP contribution in [-0.2, 0) is 99.8 Å². The smallest absolute Gasteiger partial charge is 0.336 e. The first-order chi connectivity index (χ1) is 33.3. The van der Waals surface area contributed by atoms with Crippen LogP contribution in [0, 0.1) is 7.14 Å². The van der Waals surface area contributed by atoms with Crippen LogP contribution in [0.15, 0.2) is 77.3 Å². The number of halogens is 2. The lowest BCUT2D eigenvalue weighted by molar-refractivity contribution is -0.157. The van der Waals surface area contributed by atoms with Crippen molar-refractivity contribution >= 4 is 75.0 Å². The maximum absolute atomic E-state index is 13.6. The van der Waals surface area contributed by atoms with Crippen molar-refractivity contribution in [3.8, 4) is 0 Å². The fourth-order valence-corrected chi connectivity index (χ4v) is 7.10. The van der Waals surface area contributed by atoms with Crippen molar-refractivity contribution in [3.05, 3.63) is 130 Å². The van der Waals surface area contributed by atoms with Crippen LogP contribution in [0.1, 0.15) is 50.7 Å². The number of benzene rings is 2. The van der Waals surface area contributed by atoms with Gasteiger partial charge < -0.3 is 33.9 Å². The highest BCUT2D eigenvalue weighted by Gasteiger charge is 2.21. The number of aliphatic hydroxyl groups is 2. The van der Waals surface area contributed by atoms with Crippen LogP contribution in [0.4, 0.5) is 0 Å². The summed E-state index contributed by atoms with van der Waals surface area (Å²) in [7, 11) is 0. The summed E-state index contributed by atoms with van der Waals surface area (Å²) in [5.74, 6) is -4.06. The average molecular weight is 1210 g/mol. The van der Waals surface area contributed by atoms with Crippen molar-refractivity contribution in [2.75, 3.05) is 33.0 Å². The second-order valence-corrected chi connectivity index (χ2v) is 18.0. The topological polar surface area (TPSA) is 304 Å². The Balaban J connectivity index is 1.43. The molecule has 2 unspecified atom stereocenters. The second kappa shape index (κ2) is 28.0.